The fraction of sp³-hybridized carbons (Fsp3) is 0.368. The summed E-state index contributed by atoms with van der Waals surface area (Å²) in [7, 11) is -4.11. The van der Waals surface area contributed by atoms with Crippen LogP contribution < -0.4 is 14.8 Å². The molecule has 178 valence electrons. The lowest BCUT2D eigenvalue weighted by atomic mass is 9.98. The standard InChI is InChI=1S/C19H17ClF4N4O4S/c1-33(30,31)27-16-13-5-9-3-2-4-14(15(9)22)32-17-10(20)6-11(21)12(26-17)7-25-18(29)28(13)8-19(16,23)24/h2-4,6,13,16,27H,5,7-8H2,1H3,(H,25,29)/t13-,16+/m0/s1. The summed E-state index contributed by atoms with van der Waals surface area (Å²) in [6.07, 6.45) is 0.234. The van der Waals surface area contributed by atoms with Gasteiger partial charge in [-0.2, -0.15) is 0 Å². The van der Waals surface area contributed by atoms with Crippen molar-refractivity contribution in [3.05, 3.63) is 52.2 Å². The minimum absolute atomic E-state index is 0.119. The summed E-state index contributed by atoms with van der Waals surface area (Å²) in [5, 5.41) is 2.04. The van der Waals surface area contributed by atoms with Crippen LogP contribution in [0.3, 0.4) is 0 Å². The Hall–Kier alpha value is -2.64. The molecule has 4 rings (SSSR count). The van der Waals surface area contributed by atoms with Crippen LogP contribution in [0.15, 0.2) is 24.3 Å². The first-order valence-electron chi connectivity index (χ1n) is 9.55. The summed E-state index contributed by atoms with van der Waals surface area (Å²) in [4.78, 5) is 17.4. The van der Waals surface area contributed by atoms with Gasteiger partial charge < -0.3 is 15.0 Å². The number of aromatic nitrogens is 1. The van der Waals surface area contributed by atoms with Crippen molar-refractivity contribution >= 4 is 27.7 Å². The van der Waals surface area contributed by atoms with Crippen molar-refractivity contribution in [1.29, 1.82) is 0 Å². The fourth-order valence-corrected chi connectivity index (χ4v) is 4.78. The highest BCUT2D eigenvalue weighted by Crippen LogP contribution is 2.37. The molecule has 0 spiro atoms. The molecule has 2 N–H and O–H groups in total. The van der Waals surface area contributed by atoms with Crippen LogP contribution in [0.25, 0.3) is 0 Å². The van der Waals surface area contributed by atoms with Crippen LogP contribution in [-0.4, -0.2) is 55.1 Å². The van der Waals surface area contributed by atoms with E-state index >= 15 is 4.39 Å². The van der Waals surface area contributed by atoms with Crippen molar-refractivity contribution in [2.24, 2.45) is 0 Å². The number of hydrogen-bond donors (Lipinski definition) is 2. The lowest BCUT2D eigenvalue weighted by Crippen LogP contribution is -2.53. The Kier molecular flexibility index (Phi) is 5.91. The molecule has 8 nitrogen and oxygen atoms in total. The Morgan fingerprint density at radius 3 is 2.76 bits per heavy atom. The molecule has 3 heterocycles. The van der Waals surface area contributed by atoms with Crippen LogP contribution in [0.1, 0.15) is 11.3 Å². The number of pyridine rings is 1. The summed E-state index contributed by atoms with van der Waals surface area (Å²) in [6, 6.07) is 0.232. The van der Waals surface area contributed by atoms with E-state index in [9.17, 15) is 26.4 Å². The van der Waals surface area contributed by atoms with Gasteiger partial charge in [-0.25, -0.2) is 40.5 Å². The molecule has 0 unspecified atom stereocenters. The number of rotatable bonds is 2. The molecule has 0 radical (unpaired) electrons. The zero-order chi connectivity index (χ0) is 24.1. The Labute approximate surface area is 190 Å². The number of alkyl halides is 2. The molecule has 2 aliphatic heterocycles. The molecule has 2 amide bonds. The second-order valence-corrected chi connectivity index (χ2v) is 9.91. The van der Waals surface area contributed by atoms with Crippen molar-refractivity contribution in [2.45, 2.75) is 31.0 Å². The van der Waals surface area contributed by atoms with E-state index in [-0.39, 0.29) is 27.9 Å². The van der Waals surface area contributed by atoms with Gasteiger partial charge in [0.15, 0.2) is 11.6 Å². The molecule has 2 aromatic rings. The van der Waals surface area contributed by atoms with E-state index in [0.29, 0.717) is 11.2 Å². The van der Waals surface area contributed by atoms with Crippen molar-refractivity contribution in [1.82, 2.24) is 19.9 Å². The maximum Gasteiger partial charge on any atom is 0.318 e. The fourth-order valence-electron chi connectivity index (χ4n) is 3.81. The molecule has 14 heteroatoms. The van der Waals surface area contributed by atoms with E-state index in [1.54, 1.807) is 0 Å². The summed E-state index contributed by atoms with van der Waals surface area (Å²) in [5.41, 5.74) is -0.446. The van der Waals surface area contributed by atoms with Crippen molar-refractivity contribution < 1.29 is 35.5 Å². The first-order chi connectivity index (χ1) is 15.4. The average Bonchev–Trinajstić information content (AvgIpc) is 2.94. The molecule has 2 aliphatic rings. The van der Waals surface area contributed by atoms with Crippen molar-refractivity contribution in [3.63, 3.8) is 0 Å². The molecule has 1 fully saturated rings. The Morgan fingerprint density at radius 1 is 1.33 bits per heavy atom. The van der Waals surface area contributed by atoms with Crippen LogP contribution in [0, 0.1) is 11.6 Å². The molecule has 33 heavy (non-hydrogen) atoms. The molecule has 1 aromatic heterocycles. The maximum atomic E-state index is 15.2. The summed E-state index contributed by atoms with van der Waals surface area (Å²) in [6.45, 7) is -1.66. The van der Waals surface area contributed by atoms with Crippen LogP contribution in [0.5, 0.6) is 11.6 Å². The van der Waals surface area contributed by atoms with Crippen LogP contribution in [0.4, 0.5) is 22.4 Å². The highest BCUT2D eigenvalue weighted by molar-refractivity contribution is 7.88. The third kappa shape index (κ3) is 4.70. The first-order valence-corrected chi connectivity index (χ1v) is 11.8. The van der Waals surface area contributed by atoms with E-state index in [1.165, 1.54) is 18.2 Å². The normalized spacial score (nSPS) is 22.4. The maximum absolute atomic E-state index is 15.2. The van der Waals surface area contributed by atoms with Gasteiger partial charge in [-0.15, -0.1) is 0 Å². The zero-order valence-electron chi connectivity index (χ0n) is 16.9. The highest BCUT2D eigenvalue weighted by atomic mass is 35.5. The van der Waals surface area contributed by atoms with Gasteiger partial charge in [-0.05, 0) is 24.1 Å². The van der Waals surface area contributed by atoms with Gasteiger partial charge in [-0.3, -0.25) is 0 Å². The number of carbonyl (C=O) groups is 1. The second-order valence-electron chi connectivity index (χ2n) is 7.72. The number of urea groups is 1. The van der Waals surface area contributed by atoms with E-state index < -0.39 is 65.2 Å². The number of nitrogens with one attached hydrogen (secondary N) is 2. The lowest BCUT2D eigenvalue weighted by molar-refractivity contribution is -0.00453. The molecule has 0 aliphatic carbocycles. The van der Waals surface area contributed by atoms with E-state index in [1.807, 2.05) is 4.72 Å². The molecule has 0 saturated carbocycles. The number of halogens is 5. The van der Waals surface area contributed by atoms with Crippen LogP contribution in [-0.2, 0) is 23.0 Å². The van der Waals surface area contributed by atoms with E-state index in [4.69, 9.17) is 16.3 Å². The van der Waals surface area contributed by atoms with Crippen molar-refractivity contribution in [2.75, 3.05) is 12.8 Å². The molecule has 1 aromatic carbocycles. The van der Waals surface area contributed by atoms with Gasteiger partial charge in [0.05, 0.1) is 31.1 Å². The van der Waals surface area contributed by atoms with E-state index in [0.717, 1.165) is 6.07 Å². The summed E-state index contributed by atoms with van der Waals surface area (Å²) >= 11 is 5.95. The number of fused-ring (bicyclic) bond motifs is 5. The van der Waals surface area contributed by atoms with Gasteiger partial charge in [-0.1, -0.05) is 23.7 Å². The monoisotopic (exact) mass is 508 g/mol. The first kappa shape index (κ1) is 23.5. The zero-order valence-corrected chi connectivity index (χ0v) is 18.5. The van der Waals surface area contributed by atoms with Crippen LogP contribution >= 0.6 is 11.6 Å². The Bertz CT molecular complexity index is 1230. The third-order valence-corrected chi connectivity index (χ3v) is 6.23. The topological polar surface area (TPSA) is 101 Å². The second kappa shape index (κ2) is 8.29. The average molecular weight is 509 g/mol. The summed E-state index contributed by atoms with van der Waals surface area (Å²) < 4.78 is 89.9. The molecule has 4 bridgehead atoms. The Balaban J connectivity index is 1.84. The highest BCUT2D eigenvalue weighted by Gasteiger charge is 2.57. The van der Waals surface area contributed by atoms with Crippen molar-refractivity contribution in [3.8, 4) is 11.6 Å². The van der Waals surface area contributed by atoms with Gasteiger partial charge in [0.2, 0.25) is 15.9 Å². The van der Waals surface area contributed by atoms with Gasteiger partial charge in [0.1, 0.15) is 16.9 Å². The lowest BCUT2D eigenvalue weighted by Gasteiger charge is -2.28. The molecular formula is C19H17ClF4N4O4S. The minimum Gasteiger partial charge on any atom is -0.434 e. The quantitative estimate of drug-likeness (QED) is 0.608. The predicted molar refractivity (Wildman–Crippen MR) is 109 cm³/mol. The largest absolute Gasteiger partial charge is 0.434 e. The number of benzene rings is 1. The Morgan fingerprint density at radius 2 is 2.06 bits per heavy atom. The number of nitrogens with zero attached hydrogens (tertiary/aromatic N) is 2. The van der Waals surface area contributed by atoms with Gasteiger partial charge in [0.25, 0.3) is 5.92 Å². The number of sulfonamides is 1. The van der Waals surface area contributed by atoms with Crippen LogP contribution in [0.2, 0.25) is 5.02 Å². The number of hydrogen-bond acceptors (Lipinski definition) is 5. The molecular weight excluding hydrogens is 492 g/mol. The van der Waals surface area contributed by atoms with Gasteiger partial charge in [0, 0.05) is 0 Å². The van der Waals surface area contributed by atoms with E-state index in [2.05, 4.69) is 10.3 Å². The predicted octanol–water partition coefficient (Wildman–Crippen LogP) is 2.81. The minimum atomic E-state index is -4.11. The molecule has 1 saturated heterocycles. The number of carbonyl (C=O) groups excluding carboxylic acids is 1. The number of ether oxygens (including phenoxy) is 1. The SMILES string of the molecule is CS(=O)(=O)N[C@@H]1[C@@H]2Cc3cccc(c3F)Oc3nc(c(F)cc3Cl)CNC(=O)N2CC1(F)F. The smallest absolute Gasteiger partial charge is 0.318 e. The third-order valence-electron chi connectivity index (χ3n) is 5.28. The summed E-state index contributed by atoms with van der Waals surface area (Å²) in [5.74, 6) is -6.20. The molecule has 2 atom stereocenters. The van der Waals surface area contributed by atoms with Gasteiger partial charge >= 0.3 is 6.03 Å². The number of amides is 2.